The molecule has 66 heavy (non-hydrogen) atoms. The van der Waals surface area contributed by atoms with Crippen LogP contribution in [0.1, 0.15) is 66.3 Å². The molecule has 0 saturated heterocycles. The molecule has 4 saturated carbocycles. The number of anilines is 3. The average Bonchev–Trinajstić information content (AvgIpc) is 3.68. The molecule has 0 aromatic heterocycles. The van der Waals surface area contributed by atoms with Gasteiger partial charge in [-0.05, 0) is 170 Å². The van der Waals surface area contributed by atoms with E-state index in [0.29, 0.717) is 5.41 Å². The summed E-state index contributed by atoms with van der Waals surface area (Å²) in [7, 11) is 0. The Morgan fingerprint density at radius 1 is 0.303 bits per heavy atom. The highest BCUT2D eigenvalue weighted by molar-refractivity contribution is 5.93. The Hall–Kier alpha value is -7.22. The minimum atomic E-state index is -0.484. The van der Waals surface area contributed by atoms with Crippen molar-refractivity contribution in [2.75, 3.05) is 4.90 Å². The number of hydrogen-bond acceptors (Lipinski definition) is 1. The van der Waals surface area contributed by atoms with Crippen molar-refractivity contribution < 1.29 is 0 Å². The molecule has 0 heterocycles. The van der Waals surface area contributed by atoms with Gasteiger partial charge >= 0.3 is 0 Å². The van der Waals surface area contributed by atoms with Gasteiger partial charge in [-0.15, -0.1) is 0 Å². The summed E-state index contributed by atoms with van der Waals surface area (Å²) in [6, 6.07) is 86.4. The normalized spacial score (nSPS) is 20.7. The molecular formula is C65H53N. The highest BCUT2D eigenvalue weighted by Crippen LogP contribution is 2.61. The Morgan fingerprint density at radius 2 is 0.712 bits per heavy atom. The van der Waals surface area contributed by atoms with Crippen LogP contribution in [0.4, 0.5) is 17.1 Å². The smallest absolute Gasteiger partial charge is 0.0714 e. The SMILES string of the molecule is c1ccc(-c2ccccc2-c2ccccc2-c2ccc(N(c3ccc(C45CC6CC(CC(C6)C4)C5)cc3)c3ccc4c(c3)C(c3ccccc3)(c3ccccc3)c3ccccc3-4)cc2)cc1. The van der Waals surface area contributed by atoms with Gasteiger partial charge in [0.25, 0.3) is 0 Å². The second-order valence-corrected chi connectivity index (χ2v) is 19.8. The van der Waals surface area contributed by atoms with Gasteiger partial charge < -0.3 is 4.90 Å². The van der Waals surface area contributed by atoms with E-state index in [1.807, 2.05) is 0 Å². The van der Waals surface area contributed by atoms with Crippen LogP contribution in [-0.2, 0) is 10.8 Å². The number of nitrogens with zero attached hydrogens (tertiary/aromatic N) is 1. The Bertz CT molecular complexity index is 3130. The first-order chi connectivity index (χ1) is 32.6. The van der Waals surface area contributed by atoms with Crippen molar-refractivity contribution >= 4 is 17.1 Å². The molecule has 9 aromatic carbocycles. The van der Waals surface area contributed by atoms with E-state index in [1.165, 1.54) is 111 Å². The number of fused-ring (bicyclic) bond motifs is 3. The van der Waals surface area contributed by atoms with E-state index in [9.17, 15) is 0 Å². The fourth-order valence-corrected chi connectivity index (χ4v) is 13.8. The first-order valence-corrected chi connectivity index (χ1v) is 24.3. The molecule has 5 aliphatic carbocycles. The summed E-state index contributed by atoms with van der Waals surface area (Å²) in [6.45, 7) is 0. The summed E-state index contributed by atoms with van der Waals surface area (Å²) in [6.07, 6.45) is 8.48. The third-order valence-corrected chi connectivity index (χ3v) is 16.1. The summed E-state index contributed by atoms with van der Waals surface area (Å²) in [5, 5.41) is 0. The first-order valence-electron chi connectivity index (χ1n) is 24.3. The molecule has 0 radical (unpaired) electrons. The van der Waals surface area contributed by atoms with Crippen LogP contribution < -0.4 is 4.90 Å². The van der Waals surface area contributed by atoms with Gasteiger partial charge in [0.05, 0.1) is 5.41 Å². The lowest BCUT2D eigenvalue weighted by Crippen LogP contribution is -2.48. The van der Waals surface area contributed by atoms with E-state index in [0.717, 1.165) is 29.1 Å². The third kappa shape index (κ3) is 6.28. The second kappa shape index (κ2) is 15.7. The molecule has 5 aliphatic rings. The van der Waals surface area contributed by atoms with E-state index < -0.39 is 5.41 Å². The zero-order chi connectivity index (χ0) is 43.7. The van der Waals surface area contributed by atoms with Crippen molar-refractivity contribution in [3.63, 3.8) is 0 Å². The largest absolute Gasteiger partial charge is 0.310 e. The molecule has 0 N–H and O–H groups in total. The molecule has 0 atom stereocenters. The highest BCUT2D eigenvalue weighted by Gasteiger charge is 2.51. The summed E-state index contributed by atoms with van der Waals surface area (Å²) >= 11 is 0. The maximum absolute atomic E-state index is 2.51. The van der Waals surface area contributed by atoms with Gasteiger partial charge in [0, 0.05) is 17.1 Å². The molecule has 0 amide bonds. The minimum absolute atomic E-state index is 0.344. The van der Waals surface area contributed by atoms with Crippen LogP contribution in [-0.4, -0.2) is 0 Å². The van der Waals surface area contributed by atoms with Crippen LogP contribution in [0.3, 0.4) is 0 Å². The van der Waals surface area contributed by atoms with Crippen LogP contribution in [0.15, 0.2) is 231 Å². The maximum atomic E-state index is 2.51. The first kappa shape index (κ1) is 39.2. The Kier molecular flexibility index (Phi) is 9.34. The summed E-state index contributed by atoms with van der Waals surface area (Å²) in [5.74, 6) is 2.73. The third-order valence-electron chi connectivity index (χ3n) is 16.1. The Balaban J connectivity index is 0.961. The highest BCUT2D eigenvalue weighted by atomic mass is 15.1. The standard InChI is InChI=1S/C65H53N/c1-4-16-48(17-5-1)56-22-10-12-24-58(56)59-25-13-11-23-57(59)49-28-32-53(33-29-49)66(54-34-30-50(31-35-54)64-42-45-38-46(43-64)40-47(39-45)44-64)55-36-37-61-60-26-14-15-27-62(60)65(63(61)41-55,51-18-6-2-7-19-51)52-20-8-3-9-21-52/h1-37,41,45-47H,38-40,42-44H2. The Labute approximate surface area is 390 Å². The molecule has 4 bridgehead atoms. The van der Waals surface area contributed by atoms with Gasteiger partial charge in [-0.1, -0.05) is 194 Å². The minimum Gasteiger partial charge on any atom is -0.310 e. The topological polar surface area (TPSA) is 3.24 Å². The van der Waals surface area contributed by atoms with Crippen LogP contribution in [0, 0.1) is 17.8 Å². The van der Waals surface area contributed by atoms with Crippen LogP contribution in [0.25, 0.3) is 44.5 Å². The lowest BCUT2D eigenvalue weighted by molar-refractivity contribution is -0.00518. The van der Waals surface area contributed by atoms with Gasteiger partial charge in [0.1, 0.15) is 0 Å². The van der Waals surface area contributed by atoms with E-state index >= 15 is 0 Å². The van der Waals surface area contributed by atoms with Gasteiger partial charge in [0.2, 0.25) is 0 Å². The fraction of sp³-hybridized carbons (Fsp3) is 0.169. The summed E-state index contributed by atoms with van der Waals surface area (Å²) < 4.78 is 0. The van der Waals surface area contributed by atoms with Crippen molar-refractivity contribution in [1.82, 2.24) is 0 Å². The molecule has 0 aliphatic heterocycles. The molecule has 9 aromatic rings. The van der Waals surface area contributed by atoms with Crippen molar-refractivity contribution in [1.29, 1.82) is 0 Å². The molecule has 1 heteroatoms. The van der Waals surface area contributed by atoms with E-state index in [1.54, 1.807) is 5.56 Å². The van der Waals surface area contributed by atoms with E-state index in [2.05, 4.69) is 235 Å². The van der Waals surface area contributed by atoms with Crippen LogP contribution >= 0.6 is 0 Å². The molecule has 14 rings (SSSR count). The monoisotopic (exact) mass is 847 g/mol. The number of benzene rings is 9. The van der Waals surface area contributed by atoms with Crippen LogP contribution in [0.2, 0.25) is 0 Å². The molecular weight excluding hydrogens is 795 g/mol. The second-order valence-electron chi connectivity index (χ2n) is 19.8. The predicted molar refractivity (Wildman–Crippen MR) is 275 cm³/mol. The van der Waals surface area contributed by atoms with Crippen LogP contribution in [0.5, 0.6) is 0 Å². The quantitative estimate of drug-likeness (QED) is 0.140. The number of rotatable bonds is 9. The molecule has 318 valence electrons. The van der Waals surface area contributed by atoms with E-state index in [4.69, 9.17) is 0 Å². The van der Waals surface area contributed by atoms with Gasteiger partial charge in [0.15, 0.2) is 0 Å². The summed E-state index contributed by atoms with van der Waals surface area (Å²) in [5.41, 5.74) is 20.1. The van der Waals surface area contributed by atoms with Gasteiger partial charge in [-0.2, -0.15) is 0 Å². The van der Waals surface area contributed by atoms with Crippen molar-refractivity contribution in [3.05, 3.63) is 258 Å². The lowest BCUT2D eigenvalue weighted by atomic mass is 9.48. The zero-order valence-electron chi connectivity index (χ0n) is 37.4. The van der Waals surface area contributed by atoms with Crippen molar-refractivity contribution in [2.24, 2.45) is 17.8 Å². The summed E-state index contributed by atoms with van der Waals surface area (Å²) in [4.78, 5) is 2.51. The average molecular weight is 848 g/mol. The number of hydrogen-bond donors (Lipinski definition) is 0. The van der Waals surface area contributed by atoms with Crippen molar-refractivity contribution in [2.45, 2.75) is 49.4 Å². The molecule has 1 nitrogen and oxygen atoms in total. The molecule has 4 fully saturated rings. The lowest BCUT2D eigenvalue weighted by Gasteiger charge is -2.57. The molecule has 0 spiro atoms. The maximum Gasteiger partial charge on any atom is 0.0714 e. The predicted octanol–water partition coefficient (Wildman–Crippen LogP) is 17.0. The van der Waals surface area contributed by atoms with Crippen molar-refractivity contribution in [3.8, 4) is 44.5 Å². The van der Waals surface area contributed by atoms with Gasteiger partial charge in [-0.3, -0.25) is 0 Å². The van der Waals surface area contributed by atoms with E-state index in [-0.39, 0.29) is 0 Å². The zero-order valence-corrected chi connectivity index (χ0v) is 37.4. The van der Waals surface area contributed by atoms with Gasteiger partial charge in [-0.25, -0.2) is 0 Å². The fourth-order valence-electron chi connectivity index (χ4n) is 13.8. The Morgan fingerprint density at radius 3 is 1.26 bits per heavy atom. The molecule has 0 unspecified atom stereocenters.